The van der Waals surface area contributed by atoms with Crippen LogP contribution in [-0.2, 0) is 4.79 Å². The van der Waals surface area contributed by atoms with E-state index >= 15 is 0 Å². The molecule has 1 unspecified atom stereocenters. The van der Waals surface area contributed by atoms with Crippen LogP contribution < -0.4 is 5.56 Å². The largest absolute Gasteiger partial charge is 0.341 e. The van der Waals surface area contributed by atoms with Crippen LogP contribution in [0.1, 0.15) is 36.9 Å². The lowest BCUT2D eigenvalue weighted by molar-refractivity contribution is -0.133. The molecule has 4 nitrogen and oxygen atoms in total. The summed E-state index contributed by atoms with van der Waals surface area (Å²) in [5.74, 6) is 0.0491. The minimum absolute atomic E-state index is 0.0491. The van der Waals surface area contributed by atoms with Crippen molar-refractivity contribution >= 4 is 16.8 Å². The molecule has 4 heteroatoms. The molecule has 1 amide bonds. The quantitative estimate of drug-likeness (QED) is 0.855. The zero-order chi connectivity index (χ0) is 15.9. The monoisotopic (exact) mass is 298 g/mol. The van der Waals surface area contributed by atoms with Crippen LogP contribution in [0.3, 0.4) is 0 Å². The predicted molar refractivity (Wildman–Crippen MR) is 88.2 cm³/mol. The Hall–Kier alpha value is -2.10. The Bertz CT molecular complexity index is 786. The molecule has 3 rings (SSSR count). The van der Waals surface area contributed by atoms with Gasteiger partial charge in [0.15, 0.2) is 0 Å². The van der Waals surface area contributed by atoms with Crippen molar-refractivity contribution in [2.24, 2.45) is 0 Å². The summed E-state index contributed by atoms with van der Waals surface area (Å²) in [4.78, 5) is 27.1. The second-order valence-electron chi connectivity index (χ2n) is 6.22. The first-order valence-corrected chi connectivity index (χ1v) is 7.91. The Balaban J connectivity index is 2.17. The summed E-state index contributed by atoms with van der Waals surface area (Å²) >= 11 is 0. The number of nitrogens with zero attached hydrogens (tertiary/aromatic N) is 2. The highest BCUT2D eigenvalue weighted by Crippen LogP contribution is 2.24. The number of pyridine rings is 1. The maximum absolute atomic E-state index is 12.7. The molecule has 0 spiro atoms. The molecule has 1 fully saturated rings. The van der Waals surface area contributed by atoms with Crippen LogP contribution in [0.5, 0.6) is 0 Å². The maximum Gasteiger partial charge on any atom is 0.252 e. The van der Waals surface area contributed by atoms with Gasteiger partial charge in [0.05, 0.1) is 5.52 Å². The van der Waals surface area contributed by atoms with Gasteiger partial charge in [-0.25, -0.2) is 0 Å². The van der Waals surface area contributed by atoms with Gasteiger partial charge in [-0.2, -0.15) is 0 Å². The predicted octanol–water partition coefficient (Wildman–Crippen LogP) is 2.80. The highest BCUT2D eigenvalue weighted by Gasteiger charge is 2.26. The third-order valence-corrected chi connectivity index (χ3v) is 4.64. The molecule has 0 saturated carbocycles. The normalized spacial score (nSPS) is 16.2. The number of rotatable bonds is 2. The fraction of sp³-hybridized carbons (Fsp3) is 0.444. The van der Waals surface area contributed by atoms with E-state index in [4.69, 9.17) is 0 Å². The highest BCUT2D eigenvalue weighted by atomic mass is 16.2. The minimum Gasteiger partial charge on any atom is -0.341 e. The first-order chi connectivity index (χ1) is 10.5. The third-order valence-electron chi connectivity index (χ3n) is 4.64. The number of benzene rings is 1. The van der Waals surface area contributed by atoms with Gasteiger partial charge in [-0.15, -0.1) is 0 Å². The van der Waals surface area contributed by atoms with Crippen molar-refractivity contribution in [2.75, 3.05) is 13.1 Å². The number of hydrogen-bond acceptors (Lipinski definition) is 2. The van der Waals surface area contributed by atoms with Crippen molar-refractivity contribution < 1.29 is 4.79 Å². The van der Waals surface area contributed by atoms with Crippen LogP contribution >= 0.6 is 0 Å². The summed E-state index contributed by atoms with van der Waals surface area (Å²) < 4.78 is 1.66. The molecule has 2 aromatic rings. The molecular weight excluding hydrogens is 276 g/mol. The summed E-state index contributed by atoms with van der Waals surface area (Å²) in [7, 11) is 0. The van der Waals surface area contributed by atoms with Crippen molar-refractivity contribution in [1.82, 2.24) is 9.47 Å². The van der Waals surface area contributed by atoms with E-state index in [1.807, 2.05) is 43.9 Å². The van der Waals surface area contributed by atoms with Gasteiger partial charge in [-0.3, -0.25) is 14.2 Å². The molecule has 1 aromatic heterocycles. The minimum atomic E-state index is -0.463. The molecule has 1 saturated heterocycles. The Labute approximate surface area is 130 Å². The molecule has 1 aromatic carbocycles. The molecule has 1 aliphatic heterocycles. The first kappa shape index (κ1) is 14.8. The van der Waals surface area contributed by atoms with Crippen LogP contribution in [0.4, 0.5) is 0 Å². The summed E-state index contributed by atoms with van der Waals surface area (Å²) in [5, 5.41) is 1.04. The number of aryl methyl sites for hydroxylation is 2. The number of aromatic nitrogens is 1. The molecule has 22 heavy (non-hydrogen) atoms. The lowest BCUT2D eigenvalue weighted by atomic mass is 10.0. The van der Waals surface area contributed by atoms with Crippen molar-refractivity contribution in [3.05, 3.63) is 45.7 Å². The maximum atomic E-state index is 12.7. The number of amides is 1. The smallest absolute Gasteiger partial charge is 0.252 e. The number of fused-ring (bicyclic) bond motifs is 1. The van der Waals surface area contributed by atoms with E-state index in [0.717, 1.165) is 48.0 Å². The molecule has 2 heterocycles. The topological polar surface area (TPSA) is 42.3 Å². The Morgan fingerprint density at radius 3 is 2.50 bits per heavy atom. The zero-order valence-corrected chi connectivity index (χ0v) is 13.4. The molecular formula is C18H22N2O2. The van der Waals surface area contributed by atoms with Crippen molar-refractivity contribution in [2.45, 2.75) is 39.7 Å². The third kappa shape index (κ3) is 2.32. The van der Waals surface area contributed by atoms with E-state index in [-0.39, 0.29) is 11.5 Å². The lowest BCUT2D eigenvalue weighted by Crippen LogP contribution is -2.38. The average Bonchev–Trinajstić information content (AvgIpc) is 3.01. The summed E-state index contributed by atoms with van der Waals surface area (Å²) in [6, 6.07) is 7.17. The van der Waals surface area contributed by atoms with Crippen molar-refractivity contribution in [1.29, 1.82) is 0 Å². The van der Waals surface area contributed by atoms with E-state index in [0.29, 0.717) is 0 Å². The zero-order valence-electron chi connectivity index (χ0n) is 13.4. The van der Waals surface area contributed by atoms with E-state index in [1.54, 1.807) is 10.6 Å². The second kappa shape index (κ2) is 5.59. The number of para-hydroxylation sites is 1. The summed E-state index contributed by atoms with van der Waals surface area (Å²) in [5.41, 5.74) is 2.77. The fourth-order valence-electron chi connectivity index (χ4n) is 3.44. The van der Waals surface area contributed by atoms with Gasteiger partial charge >= 0.3 is 0 Å². The average molecular weight is 298 g/mol. The van der Waals surface area contributed by atoms with Crippen LogP contribution in [0, 0.1) is 13.8 Å². The van der Waals surface area contributed by atoms with Gasteiger partial charge in [0.25, 0.3) is 5.56 Å². The molecule has 0 bridgehead atoms. The lowest BCUT2D eigenvalue weighted by Gasteiger charge is -2.24. The molecule has 0 radical (unpaired) electrons. The van der Waals surface area contributed by atoms with Crippen LogP contribution in [0.15, 0.2) is 29.1 Å². The van der Waals surface area contributed by atoms with Gasteiger partial charge in [0.1, 0.15) is 6.04 Å². The van der Waals surface area contributed by atoms with Gasteiger partial charge < -0.3 is 4.90 Å². The summed E-state index contributed by atoms with van der Waals surface area (Å²) in [6.07, 6.45) is 2.11. The van der Waals surface area contributed by atoms with Gasteiger partial charge in [0.2, 0.25) is 5.91 Å². The van der Waals surface area contributed by atoms with Crippen LogP contribution in [-0.4, -0.2) is 28.5 Å². The Morgan fingerprint density at radius 1 is 1.14 bits per heavy atom. The molecule has 0 N–H and O–H groups in total. The van der Waals surface area contributed by atoms with Gasteiger partial charge in [0, 0.05) is 24.5 Å². The second-order valence-corrected chi connectivity index (χ2v) is 6.22. The fourth-order valence-corrected chi connectivity index (χ4v) is 3.44. The standard InChI is InChI=1S/C18H22N2O2/c1-12-7-6-8-15-13(2)11-16(21)20(17(12)15)14(3)18(22)19-9-4-5-10-19/h6-8,11,14H,4-5,9-10H2,1-3H3. The van der Waals surface area contributed by atoms with E-state index in [9.17, 15) is 9.59 Å². The van der Waals surface area contributed by atoms with Crippen molar-refractivity contribution in [3.8, 4) is 0 Å². The van der Waals surface area contributed by atoms with Crippen LogP contribution in [0.2, 0.25) is 0 Å². The van der Waals surface area contributed by atoms with E-state index in [2.05, 4.69) is 0 Å². The van der Waals surface area contributed by atoms with Gasteiger partial charge in [-0.1, -0.05) is 18.2 Å². The Kier molecular flexibility index (Phi) is 3.77. The van der Waals surface area contributed by atoms with E-state index < -0.39 is 6.04 Å². The number of likely N-dealkylation sites (tertiary alicyclic amines) is 1. The van der Waals surface area contributed by atoms with Crippen LogP contribution in [0.25, 0.3) is 10.9 Å². The SMILES string of the molecule is Cc1cc(=O)n(C(C)C(=O)N2CCCC2)c2c(C)cccc12. The highest BCUT2D eigenvalue weighted by molar-refractivity contribution is 5.88. The van der Waals surface area contributed by atoms with Crippen molar-refractivity contribution in [3.63, 3.8) is 0 Å². The number of hydrogen-bond donors (Lipinski definition) is 0. The summed E-state index contributed by atoms with van der Waals surface area (Å²) in [6.45, 7) is 7.38. The van der Waals surface area contributed by atoms with Gasteiger partial charge in [-0.05, 0) is 44.7 Å². The molecule has 1 atom stereocenters. The molecule has 116 valence electrons. The number of carbonyl (C=O) groups is 1. The Morgan fingerprint density at radius 2 is 1.82 bits per heavy atom. The number of carbonyl (C=O) groups excluding carboxylic acids is 1. The first-order valence-electron chi connectivity index (χ1n) is 7.91. The van der Waals surface area contributed by atoms with E-state index in [1.165, 1.54) is 0 Å². The molecule has 0 aliphatic carbocycles. The molecule has 1 aliphatic rings.